The Bertz CT molecular complexity index is 365. The smallest absolute Gasteiger partial charge is 0.321 e. The van der Waals surface area contributed by atoms with E-state index in [4.69, 9.17) is 0 Å². The van der Waals surface area contributed by atoms with Gasteiger partial charge in [0, 0.05) is 18.8 Å². The van der Waals surface area contributed by atoms with Gasteiger partial charge in [0.15, 0.2) is 0 Å². The Morgan fingerprint density at radius 2 is 1.81 bits per heavy atom. The van der Waals surface area contributed by atoms with E-state index in [1.54, 1.807) is 0 Å². The minimum atomic E-state index is -0.0423. The fourth-order valence-corrected chi connectivity index (χ4v) is 2.17. The summed E-state index contributed by atoms with van der Waals surface area (Å²) in [6, 6.07) is -0.0423. The van der Waals surface area contributed by atoms with Crippen molar-refractivity contribution in [3.05, 3.63) is 36.6 Å². The number of urea groups is 1. The molecule has 0 bridgehead atoms. The van der Waals surface area contributed by atoms with Crippen molar-refractivity contribution in [1.82, 2.24) is 10.2 Å². The van der Waals surface area contributed by atoms with E-state index in [1.165, 1.54) is 0 Å². The van der Waals surface area contributed by atoms with Crippen molar-refractivity contribution in [3.63, 3.8) is 0 Å². The van der Waals surface area contributed by atoms with Gasteiger partial charge in [0.2, 0.25) is 0 Å². The maximum Gasteiger partial charge on any atom is 0.321 e. The first-order chi connectivity index (χ1) is 10.0. The Kier molecular flexibility index (Phi) is 10.4. The minimum Gasteiger partial charge on any atom is -0.325 e. The number of hydrogen-bond donors (Lipinski definition) is 1. The molecule has 2 amide bonds. The largest absolute Gasteiger partial charge is 0.325 e. The van der Waals surface area contributed by atoms with Gasteiger partial charge in [-0.05, 0) is 31.3 Å². The third-order valence-corrected chi connectivity index (χ3v) is 3.51. The third-order valence-electron chi connectivity index (χ3n) is 3.51. The Labute approximate surface area is 130 Å². The lowest BCUT2D eigenvalue weighted by atomic mass is 9.97. The zero-order valence-electron chi connectivity index (χ0n) is 14.2. The van der Waals surface area contributed by atoms with Crippen LogP contribution in [0.25, 0.3) is 0 Å². The highest BCUT2D eigenvalue weighted by Gasteiger charge is 2.17. The zero-order valence-corrected chi connectivity index (χ0v) is 14.2. The molecule has 1 unspecified atom stereocenters. The second kappa shape index (κ2) is 11.2. The fraction of sp³-hybridized carbons (Fsp3) is 0.611. The number of nitrogens with zero attached hydrogens (tertiary/aromatic N) is 1. The molecule has 120 valence electrons. The van der Waals surface area contributed by atoms with Gasteiger partial charge in [0.25, 0.3) is 0 Å². The number of amides is 2. The minimum absolute atomic E-state index is 0.0423. The highest BCUT2D eigenvalue weighted by atomic mass is 16.2. The maximum absolute atomic E-state index is 11.8. The highest BCUT2D eigenvalue weighted by Crippen LogP contribution is 2.16. The molecule has 1 atom stereocenters. The summed E-state index contributed by atoms with van der Waals surface area (Å²) in [4.78, 5) is 13.7. The average Bonchev–Trinajstić information content (AvgIpc) is 3.01. The van der Waals surface area contributed by atoms with Crippen molar-refractivity contribution in [1.29, 1.82) is 0 Å². The molecule has 0 radical (unpaired) electrons. The van der Waals surface area contributed by atoms with Crippen LogP contribution in [0.4, 0.5) is 4.79 Å². The van der Waals surface area contributed by atoms with Gasteiger partial charge in [-0.25, -0.2) is 4.79 Å². The summed E-state index contributed by atoms with van der Waals surface area (Å²) in [6.07, 6.45) is 8.27. The van der Waals surface area contributed by atoms with Crippen molar-refractivity contribution in [2.24, 2.45) is 5.92 Å². The molecule has 0 saturated carbocycles. The van der Waals surface area contributed by atoms with Crippen LogP contribution < -0.4 is 5.32 Å². The molecule has 0 aliphatic carbocycles. The van der Waals surface area contributed by atoms with Gasteiger partial charge >= 0.3 is 6.03 Å². The van der Waals surface area contributed by atoms with E-state index in [0.29, 0.717) is 11.6 Å². The second-order valence-corrected chi connectivity index (χ2v) is 5.25. The lowest BCUT2D eigenvalue weighted by molar-refractivity contribution is 0.212. The van der Waals surface area contributed by atoms with Gasteiger partial charge in [-0.1, -0.05) is 58.9 Å². The highest BCUT2D eigenvalue weighted by molar-refractivity contribution is 5.76. The third kappa shape index (κ3) is 7.74. The molecule has 1 saturated heterocycles. The van der Waals surface area contributed by atoms with Gasteiger partial charge in [-0.3, -0.25) is 0 Å². The van der Waals surface area contributed by atoms with Crippen LogP contribution in [0.5, 0.6) is 0 Å². The molecule has 1 aliphatic rings. The standard InChI is InChI=1S/C16H26N2O.C2H6/c1-5-8-13(2)14(3)9-10-15(4)17-16(19)18-11-6-7-12-18;1-2/h9-10,13H,3-8,11-12H2,1-2H3,(H,17,19);1-2H3/b10-9-;. The Balaban J connectivity index is 0.00000191. The van der Waals surface area contributed by atoms with Crippen LogP contribution in [0.1, 0.15) is 53.4 Å². The van der Waals surface area contributed by atoms with Crippen molar-refractivity contribution >= 4 is 6.03 Å². The van der Waals surface area contributed by atoms with Crippen molar-refractivity contribution in [2.75, 3.05) is 13.1 Å². The molecule has 0 aromatic carbocycles. The van der Waals surface area contributed by atoms with Crippen molar-refractivity contribution in [3.8, 4) is 0 Å². The first kappa shape index (κ1) is 19.5. The van der Waals surface area contributed by atoms with E-state index >= 15 is 0 Å². The molecule has 1 fully saturated rings. The molecule has 3 heteroatoms. The predicted molar refractivity (Wildman–Crippen MR) is 92.2 cm³/mol. The van der Waals surface area contributed by atoms with E-state index in [1.807, 2.05) is 30.9 Å². The lowest BCUT2D eigenvalue weighted by Gasteiger charge is -2.16. The topological polar surface area (TPSA) is 32.3 Å². The predicted octanol–water partition coefficient (Wildman–Crippen LogP) is 4.88. The summed E-state index contributed by atoms with van der Waals surface area (Å²) in [5.41, 5.74) is 1.71. The van der Waals surface area contributed by atoms with E-state index < -0.39 is 0 Å². The molecule has 1 N–H and O–H groups in total. The van der Waals surface area contributed by atoms with Gasteiger partial charge in [0.05, 0.1) is 0 Å². The van der Waals surface area contributed by atoms with Gasteiger partial charge < -0.3 is 10.2 Å². The van der Waals surface area contributed by atoms with E-state index in [9.17, 15) is 4.79 Å². The number of rotatable bonds is 6. The van der Waals surface area contributed by atoms with Crippen molar-refractivity contribution < 1.29 is 4.79 Å². The number of nitrogens with one attached hydrogen (secondary N) is 1. The number of hydrogen-bond acceptors (Lipinski definition) is 1. The maximum atomic E-state index is 11.8. The summed E-state index contributed by atoms with van der Waals surface area (Å²) >= 11 is 0. The summed E-state index contributed by atoms with van der Waals surface area (Å²) in [5, 5.41) is 2.81. The molecule has 0 aromatic heterocycles. The van der Waals surface area contributed by atoms with Gasteiger partial charge in [-0.15, -0.1) is 0 Å². The number of likely N-dealkylation sites (tertiary alicyclic amines) is 1. The molecule has 1 rings (SSSR count). The molecule has 21 heavy (non-hydrogen) atoms. The van der Waals surface area contributed by atoms with Crippen LogP contribution in [0.15, 0.2) is 36.6 Å². The molecule has 1 heterocycles. The van der Waals surface area contributed by atoms with Crippen LogP contribution in [-0.4, -0.2) is 24.0 Å². The van der Waals surface area contributed by atoms with E-state index in [-0.39, 0.29) is 6.03 Å². The van der Waals surface area contributed by atoms with Crippen LogP contribution in [0.2, 0.25) is 0 Å². The molecule has 1 aliphatic heterocycles. The monoisotopic (exact) mass is 292 g/mol. The van der Waals surface area contributed by atoms with Crippen LogP contribution in [0.3, 0.4) is 0 Å². The van der Waals surface area contributed by atoms with Crippen LogP contribution >= 0.6 is 0 Å². The van der Waals surface area contributed by atoms with Crippen LogP contribution in [-0.2, 0) is 0 Å². The van der Waals surface area contributed by atoms with Crippen molar-refractivity contribution in [2.45, 2.75) is 53.4 Å². The number of carbonyl (C=O) groups is 1. The average molecular weight is 292 g/mol. The summed E-state index contributed by atoms with van der Waals surface area (Å²) in [6.45, 7) is 17.9. The van der Waals surface area contributed by atoms with Crippen LogP contribution in [0, 0.1) is 5.92 Å². The lowest BCUT2D eigenvalue weighted by Crippen LogP contribution is -2.36. The summed E-state index contributed by atoms with van der Waals surface area (Å²) < 4.78 is 0. The molecular weight excluding hydrogens is 260 g/mol. The molecule has 3 nitrogen and oxygen atoms in total. The van der Waals surface area contributed by atoms with Gasteiger partial charge in [0.1, 0.15) is 0 Å². The van der Waals surface area contributed by atoms with E-state index in [0.717, 1.165) is 44.3 Å². The summed E-state index contributed by atoms with van der Waals surface area (Å²) in [5.74, 6) is 0.475. The quantitative estimate of drug-likeness (QED) is 0.695. The number of carbonyl (C=O) groups excluding carboxylic acids is 1. The number of allylic oxidation sites excluding steroid dienone is 3. The second-order valence-electron chi connectivity index (χ2n) is 5.25. The first-order valence-corrected chi connectivity index (χ1v) is 8.16. The Morgan fingerprint density at radius 1 is 1.24 bits per heavy atom. The Morgan fingerprint density at radius 3 is 2.33 bits per heavy atom. The molecular formula is C18H32N2O. The molecule has 0 aromatic rings. The Hall–Kier alpha value is -1.51. The first-order valence-electron chi connectivity index (χ1n) is 8.16. The SMILES string of the molecule is C=C(/C=C\C(=C)C(C)CCC)NC(=O)N1CCCC1.CC. The zero-order chi connectivity index (χ0) is 16.3. The molecule has 0 spiro atoms. The summed E-state index contributed by atoms with van der Waals surface area (Å²) in [7, 11) is 0. The normalized spacial score (nSPS) is 15.3. The van der Waals surface area contributed by atoms with E-state index in [2.05, 4.69) is 32.3 Å². The fourth-order valence-electron chi connectivity index (χ4n) is 2.17. The van der Waals surface area contributed by atoms with Gasteiger partial charge in [-0.2, -0.15) is 0 Å².